The van der Waals surface area contributed by atoms with Gasteiger partial charge in [0.25, 0.3) is 0 Å². The third-order valence-corrected chi connectivity index (χ3v) is 5.71. The fourth-order valence-electron chi connectivity index (χ4n) is 3.35. The SMILES string of the molecule is O=C1c2c(F)c(F)c(F)c(F)c2C(F)(F)C(F)(F)C1(F)C(F)(F)C(F)(F)C(F)(F)C(F)(F)C(F)(F)C(F)(F)C(F)(F)F. The molecule has 1 atom stereocenters. The van der Waals surface area contributed by atoms with E-state index in [1.54, 1.807) is 0 Å². The largest absolute Gasteiger partial charge is 0.460 e. The maximum absolute atomic E-state index is 15.0. The highest BCUT2D eigenvalue weighted by Crippen LogP contribution is 2.68. The second-order valence-electron chi connectivity index (χ2n) is 8.09. The van der Waals surface area contributed by atoms with Crippen LogP contribution in [-0.4, -0.2) is 59.1 Å². The van der Waals surface area contributed by atoms with Gasteiger partial charge in [-0.25, -0.2) is 22.0 Å². The summed E-state index contributed by atoms with van der Waals surface area (Å²) in [5.74, 6) is -90.7. The molecule has 0 radical (unpaired) electrons. The third kappa shape index (κ3) is 3.49. The van der Waals surface area contributed by atoms with Crippen molar-refractivity contribution < 1.29 is 110 Å². The molecule has 0 amide bonds. The van der Waals surface area contributed by atoms with E-state index >= 15 is 0 Å². The average molecular weight is 676 g/mol. The highest BCUT2D eigenvalue weighted by Gasteiger charge is 2.99. The van der Waals surface area contributed by atoms with Gasteiger partial charge in [-0.05, 0) is 0 Å². The van der Waals surface area contributed by atoms with Crippen molar-refractivity contribution in [1.29, 1.82) is 0 Å². The molecule has 2 rings (SSSR count). The van der Waals surface area contributed by atoms with Crippen molar-refractivity contribution in [2.75, 3.05) is 0 Å². The van der Waals surface area contributed by atoms with Gasteiger partial charge in [0.15, 0.2) is 23.3 Å². The Bertz CT molecular complexity index is 1300. The van der Waals surface area contributed by atoms with Crippen molar-refractivity contribution >= 4 is 5.78 Å². The number of fused-ring (bicyclic) bond motifs is 1. The summed E-state index contributed by atoms with van der Waals surface area (Å²) in [5, 5.41) is 0. The van der Waals surface area contributed by atoms with Crippen molar-refractivity contribution in [3.8, 4) is 0 Å². The van der Waals surface area contributed by atoms with Crippen LogP contribution in [0.4, 0.5) is 105 Å². The molecule has 25 heteroatoms. The van der Waals surface area contributed by atoms with Gasteiger partial charge in [-0.1, -0.05) is 0 Å². The van der Waals surface area contributed by atoms with Crippen LogP contribution < -0.4 is 0 Å². The summed E-state index contributed by atoms with van der Waals surface area (Å²) in [5.41, 5.74) is -16.3. The van der Waals surface area contributed by atoms with Crippen molar-refractivity contribution in [3.05, 3.63) is 34.4 Å². The molecule has 0 fully saturated rings. The number of ketones is 1. The predicted molar refractivity (Wildman–Crippen MR) is 79.0 cm³/mol. The lowest BCUT2D eigenvalue weighted by molar-refractivity contribution is -0.462. The zero-order valence-corrected chi connectivity index (χ0v) is 18.0. The Balaban J connectivity index is 3.02. The first kappa shape index (κ1) is 35.4. The summed E-state index contributed by atoms with van der Waals surface area (Å²) in [4.78, 5) is 11.9. The van der Waals surface area contributed by atoms with Gasteiger partial charge in [-0.2, -0.15) is 83.4 Å². The number of carbonyl (C=O) groups is 1. The Kier molecular flexibility index (Phi) is 7.29. The van der Waals surface area contributed by atoms with Crippen molar-refractivity contribution in [2.45, 2.75) is 59.2 Å². The molecule has 0 aliphatic heterocycles. The van der Waals surface area contributed by atoms with E-state index in [9.17, 15) is 110 Å². The molecule has 0 bridgehead atoms. The van der Waals surface area contributed by atoms with Crippen LogP contribution in [0.5, 0.6) is 0 Å². The van der Waals surface area contributed by atoms with E-state index in [-0.39, 0.29) is 0 Å². The topological polar surface area (TPSA) is 17.1 Å². The second-order valence-corrected chi connectivity index (χ2v) is 8.09. The van der Waals surface area contributed by atoms with E-state index < -0.39 is 99.4 Å². The molecular weight excluding hydrogens is 676 g/mol. The van der Waals surface area contributed by atoms with Gasteiger partial charge in [0.2, 0.25) is 5.78 Å². The van der Waals surface area contributed by atoms with Crippen LogP contribution in [0.25, 0.3) is 0 Å². The summed E-state index contributed by atoms with van der Waals surface area (Å²) in [7, 11) is 0. The van der Waals surface area contributed by atoms with E-state index in [2.05, 4.69) is 0 Å². The molecule has 42 heavy (non-hydrogen) atoms. The molecule has 1 nitrogen and oxygen atoms in total. The maximum atomic E-state index is 15.0. The number of rotatable bonds is 6. The number of carbonyl (C=O) groups excluding carboxylic acids is 1. The van der Waals surface area contributed by atoms with Crippen molar-refractivity contribution in [3.63, 3.8) is 0 Å². The fraction of sp³-hybridized carbons (Fsp3) is 0.588. The van der Waals surface area contributed by atoms with Crippen LogP contribution in [0.15, 0.2) is 0 Å². The second kappa shape index (κ2) is 8.65. The number of benzene rings is 1. The molecule has 1 aromatic rings. The van der Waals surface area contributed by atoms with Crippen molar-refractivity contribution in [1.82, 2.24) is 0 Å². The lowest BCUT2D eigenvalue weighted by Gasteiger charge is -2.48. The standard InChI is InChI=1S/C17F24O/c18-3-1-2(4(19)6(21)5(3)20)9(23,24)10(25,26)8(22,7(1)42)11(27,28)12(29,30)13(31,32)14(33,34)15(35,36)16(37,38)17(39,40)41. The Morgan fingerprint density at radius 2 is 0.786 bits per heavy atom. The van der Waals surface area contributed by atoms with Crippen LogP contribution in [0, 0.1) is 23.3 Å². The van der Waals surface area contributed by atoms with Crippen LogP contribution in [0.1, 0.15) is 15.9 Å². The van der Waals surface area contributed by atoms with E-state index in [1.165, 1.54) is 0 Å². The molecule has 0 saturated carbocycles. The highest BCUT2D eigenvalue weighted by molar-refractivity contribution is 6.07. The summed E-state index contributed by atoms with van der Waals surface area (Å²) in [6, 6.07) is 0. The number of Topliss-reactive ketones (excluding diaryl/α,β-unsaturated/α-hetero) is 1. The van der Waals surface area contributed by atoms with Gasteiger partial charge in [-0.15, -0.1) is 0 Å². The van der Waals surface area contributed by atoms with Gasteiger partial charge in [0, 0.05) is 0 Å². The Labute approximate surface area is 211 Å². The highest BCUT2D eigenvalue weighted by atomic mass is 19.4. The minimum Gasteiger partial charge on any atom is -0.290 e. The summed E-state index contributed by atoms with van der Waals surface area (Å²) >= 11 is 0. The van der Waals surface area contributed by atoms with Crippen LogP contribution in [0.2, 0.25) is 0 Å². The predicted octanol–water partition coefficient (Wildman–Crippen LogP) is 8.25. The lowest BCUT2D eigenvalue weighted by atomic mass is 9.69. The Morgan fingerprint density at radius 1 is 0.452 bits per heavy atom. The number of halogens is 24. The first-order valence-corrected chi connectivity index (χ1v) is 9.24. The van der Waals surface area contributed by atoms with E-state index in [0.29, 0.717) is 0 Å². The number of hydrogen-bond acceptors (Lipinski definition) is 1. The molecule has 1 aliphatic rings. The zero-order valence-electron chi connectivity index (χ0n) is 18.0. The van der Waals surface area contributed by atoms with Gasteiger partial charge in [0.05, 0.1) is 11.1 Å². The van der Waals surface area contributed by atoms with Gasteiger partial charge >= 0.3 is 59.2 Å². The van der Waals surface area contributed by atoms with E-state index in [4.69, 9.17) is 0 Å². The summed E-state index contributed by atoms with van der Waals surface area (Å²) in [6.07, 6.45) is -8.13. The number of alkyl halides is 20. The molecule has 0 saturated heterocycles. The van der Waals surface area contributed by atoms with Crippen LogP contribution >= 0.6 is 0 Å². The minimum absolute atomic E-state index is 3.61. The first-order chi connectivity index (χ1) is 18.0. The van der Waals surface area contributed by atoms with Crippen LogP contribution in [0.3, 0.4) is 0 Å². The smallest absolute Gasteiger partial charge is 0.290 e. The fourth-order valence-corrected chi connectivity index (χ4v) is 3.35. The average Bonchev–Trinajstić information content (AvgIpc) is 2.81. The first-order valence-electron chi connectivity index (χ1n) is 9.24. The quantitative estimate of drug-likeness (QED) is 0.169. The maximum Gasteiger partial charge on any atom is 0.460 e. The van der Waals surface area contributed by atoms with E-state index in [0.717, 1.165) is 0 Å². The zero-order chi connectivity index (χ0) is 34.0. The van der Waals surface area contributed by atoms with Gasteiger partial charge < -0.3 is 0 Å². The van der Waals surface area contributed by atoms with E-state index in [1.807, 2.05) is 0 Å². The summed E-state index contributed by atoms with van der Waals surface area (Å²) < 4.78 is 326. The van der Waals surface area contributed by atoms with Gasteiger partial charge in [0.1, 0.15) is 0 Å². The molecule has 1 unspecified atom stereocenters. The molecule has 242 valence electrons. The van der Waals surface area contributed by atoms with Crippen LogP contribution in [-0.2, 0) is 5.92 Å². The molecule has 1 aliphatic carbocycles. The monoisotopic (exact) mass is 676 g/mol. The summed E-state index contributed by atoms with van der Waals surface area (Å²) in [6.45, 7) is 0. The minimum atomic E-state index is -9.40. The third-order valence-electron chi connectivity index (χ3n) is 5.71. The molecule has 0 N–H and O–H groups in total. The molecular formula is C17F24O. The number of hydrogen-bond donors (Lipinski definition) is 0. The Morgan fingerprint density at radius 3 is 1.17 bits per heavy atom. The molecule has 0 heterocycles. The molecule has 0 spiro atoms. The Hall–Kier alpha value is -2.79. The molecule has 0 aromatic heterocycles. The van der Waals surface area contributed by atoms with Crippen molar-refractivity contribution in [2.24, 2.45) is 0 Å². The normalized spacial score (nSPS) is 22.3. The molecule has 1 aromatic carbocycles. The van der Waals surface area contributed by atoms with Gasteiger partial charge in [-0.3, -0.25) is 4.79 Å². The lowest BCUT2D eigenvalue weighted by Crippen LogP contribution is -2.80.